The summed E-state index contributed by atoms with van der Waals surface area (Å²) in [6.07, 6.45) is 5.70. The Morgan fingerprint density at radius 2 is 1.68 bits per heavy atom. The monoisotopic (exact) mass is 333 g/mol. The van der Waals surface area contributed by atoms with Crippen molar-refractivity contribution in [2.45, 2.75) is 38.1 Å². The van der Waals surface area contributed by atoms with Gasteiger partial charge in [0, 0.05) is 6.04 Å². The van der Waals surface area contributed by atoms with Gasteiger partial charge in [-0.15, -0.1) is 0 Å². The molecule has 0 saturated heterocycles. The molecule has 1 saturated carbocycles. The van der Waals surface area contributed by atoms with Crippen molar-refractivity contribution in [2.75, 3.05) is 6.16 Å². The fourth-order valence-electron chi connectivity index (χ4n) is 1.55. The van der Waals surface area contributed by atoms with Crippen LogP contribution < -0.4 is 5.73 Å². The Hall–Kier alpha value is -0.100. The van der Waals surface area contributed by atoms with Gasteiger partial charge in [-0.3, -0.25) is 4.57 Å². The van der Waals surface area contributed by atoms with Gasteiger partial charge in [-0.1, -0.05) is 42.5 Å². The first-order valence-electron chi connectivity index (χ1n) is 5.71. The van der Waals surface area contributed by atoms with Crippen molar-refractivity contribution in [1.29, 1.82) is 0 Å². The lowest BCUT2D eigenvalue weighted by Crippen LogP contribution is -2.22. The number of carboxylic acid groups (broad SMARTS) is 1. The summed E-state index contributed by atoms with van der Waals surface area (Å²) in [5.41, 5.74) is 4.95. The van der Waals surface area contributed by atoms with E-state index in [4.69, 9.17) is 43.8 Å². The van der Waals surface area contributed by atoms with Crippen molar-refractivity contribution in [2.24, 2.45) is 5.73 Å². The standard InChI is InChI=1S/C6H13N.C4H5Cl2O5P/c7-6-4-2-1-3-5-6;5-3(6)2(4(7)8)1-12(9,10)11/h6H,1-5,7H2;1H2,(H,7,8)(H2,9,10,11). The van der Waals surface area contributed by atoms with Crippen molar-refractivity contribution in [3.05, 3.63) is 10.1 Å². The Bertz CT molecular complexity index is 372. The van der Waals surface area contributed by atoms with Gasteiger partial charge in [0.05, 0.1) is 11.7 Å². The van der Waals surface area contributed by atoms with Gasteiger partial charge in [-0.25, -0.2) is 4.79 Å². The zero-order chi connectivity index (χ0) is 15.1. The molecule has 112 valence electrons. The van der Waals surface area contributed by atoms with Crippen LogP contribution >= 0.6 is 30.8 Å². The van der Waals surface area contributed by atoms with Crippen LogP contribution in [0.5, 0.6) is 0 Å². The third-order valence-corrected chi connectivity index (χ3v) is 3.68. The lowest BCUT2D eigenvalue weighted by Gasteiger charge is -2.15. The first-order chi connectivity index (χ1) is 8.63. The summed E-state index contributed by atoms with van der Waals surface area (Å²) in [4.78, 5) is 27.0. The number of halogens is 2. The van der Waals surface area contributed by atoms with Crippen molar-refractivity contribution < 1.29 is 24.3 Å². The van der Waals surface area contributed by atoms with E-state index in [2.05, 4.69) is 0 Å². The molecule has 0 aromatic rings. The lowest BCUT2D eigenvalue weighted by atomic mass is 9.97. The predicted octanol–water partition coefficient (Wildman–Crippen LogP) is 2.22. The number of carbonyl (C=O) groups is 1. The summed E-state index contributed by atoms with van der Waals surface area (Å²) in [5.74, 6) is -1.54. The van der Waals surface area contributed by atoms with E-state index in [1.54, 1.807) is 0 Å². The quantitative estimate of drug-likeness (QED) is 0.464. The zero-order valence-electron chi connectivity index (χ0n) is 10.3. The summed E-state index contributed by atoms with van der Waals surface area (Å²) >= 11 is 10.1. The van der Waals surface area contributed by atoms with Gasteiger partial charge in [0.2, 0.25) is 0 Å². The highest BCUT2D eigenvalue weighted by atomic mass is 35.5. The number of rotatable bonds is 3. The second kappa shape index (κ2) is 8.95. The lowest BCUT2D eigenvalue weighted by molar-refractivity contribution is -0.132. The molecule has 0 aromatic carbocycles. The Kier molecular flexibility index (Phi) is 8.90. The van der Waals surface area contributed by atoms with Crippen molar-refractivity contribution in [3.8, 4) is 0 Å². The van der Waals surface area contributed by atoms with E-state index in [0.29, 0.717) is 6.04 Å². The summed E-state index contributed by atoms with van der Waals surface area (Å²) in [6.45, 7) is 0. The van der Waals surface area contributed by atoms with E-state index < -0.39 is 29.8 Å². The van der Waals surface area contributed by atoms with Gasteiger partial charge >= 0.3 is 13.6 Å². The first kappa shape index (κ1) is 18.9. The van der Waals surface area contributed by atoms with E-state index in [1.165, 1.54) is 32.1 Å². The van der Waals surface area contributed by atoms with E-state index in [0.717, 1.165) is 0 Å². The maximum absolute atomic E-state index is 10.3. The van der Waals surface area contributed by atoms with Crippen LogP contribution in [-0.2, 0) is 9.36 Å². The molecule has 0 heterocycles. The zero-order valence-corrected chi connectivity index (χ0v) is 12.7. The SMILES string of the molecule is NC1CCCCC1.O=C(O)C(CP(=O)(O)O)=C(Cl)Cl. The van der Waals surface area contributed by atoms with Crippen LogP contribution in [0.3, 0.4) is 0 Å². The van der Waals surface area contributed by atoms with Crippen LogP contribution in [0.15, 0.2) is 10.1 Å². The summed E-state index contributed by atoms with van der Waals surface area (Å²) in [7, 11) is -4.44. The van der Waals surface area contributed by atoms with Crippen LogP contribution in [-0.4, -0.2) is 33.1 Å². The number of carboxylic acids is 1. The van der Waals surface area contributed by atoms with Crippen LogP contribution in [0.25, 0.3) is 0 Å². The fraction of sp³-hybridized carbons (Fsp3) is 0.700. The Labute approximate surface area is 121 Å². The fourth-order valence-corrected chi connectivity index (χ4v) is 2.74. The van der Waals surface area contributed by atoms with E-state index in [1.807, 2.05) is 0 Å². The molecule has 0 amide bonds. The number of nitrogens with two attached hydrogens (primary N) is 1. The van der Waals surface area contributed by atoms with Gasteiger partial charge in [-0.2, -0.15) is 0 Å². The molecular formula is C10H18Cl2NO5P. The van der Waals surface area contributed by atoms with Crippen LogP contribution in [0.1, 0.15) is 32.1 Å². The Morgan fingerprint density at radius 1 is 1.21 bits per heavy atom. The molecular weight excluding hydrogens is 316 g/mol. The van der Waals surface area contributed by atoms with Crippen LogP contribution in [0.4, 0.5) is 0 Å². The van der Waals surface area contributed by atoms with E-state index in [9.17, 15) is 9.36 Å². The molecule has 0 aromatic heterocycles. The van der Waals surface area contributed by atoms with Gasteiger partial charge < -0.3 is 20.6 Å². The predicted molar refractivity (Wildman–Crippen MR) is 74.3 cm³/mol. The average molecular weight is 334 g/mol. The van der Waals surface area contributed by atoms with Gasteiger partial charge in [0.1, 0.15) is 4.49 Å². The molecule has 9 heteroatoms. The smallest absolute Gasteiger partial charge is 0.334 e. The molecule has 1 aliphatic rings. The van der Waals surface area contributed by atoms with Crippen LogP contribution in [0, 0.1) is 0 Å². The molecule has 0 bridgehead atoms. The average Bonchev–Trinajstić information content (AvgIpc) is 2.26. The molecule has 1 aliphatic carbocycles. The molecule has 1 rings (SSSR count). The molecule has 0 spiro atoms. The molecule has 0 radical (unpaired) electrons. The highest BCUT2D eigenvalue weighted by Crippen LogP contribution is 2.38. The minimum atomic E-state index is -4.44. The van der Waals surface area contributed by atoms with Gasteiger partial charge in [0.15, 0.2) is 0 Å². The van der Waals surface area contributed by atoms with Crippen molar-refractivity contribution >= 4 is 36.8 Å². The summed E-state index contributed by atoms with van der Waals surface area (Å²) in [6, 6.07) is 0.536. The molecule has 1 fully saturated rings. The highest BCUT2D eigenvalue weighted by molar-refractivity contribution is 7.52. The minimum Gasteiger partial charge on any atom is -0.478 e. The minimum absolute atomic E-state index is 0.536. The third kappa shape index (κ3) is 10.4. The van der Waals surface area contributed by atoms with Gasteiger partial charge in [0.25, 0.3) is 0 Å². The van der Waals surface area contributed by atoms with E-state index >= 15 is 0 Å². The van der Waals surface area contributed by atoms with Crippen molar-refractivity contribution in [1.82, 2.24) is 0 Å². The molecule has 5 N–H and O–H groups in total. The normalized spacial score (nSPS) is 16.3. The second-order valence-corrected chi connectivity index (χ2v) is 6.86. The van der Waals surface area contributed by atoms with Crippen molar-refractivity contribution in [3.63, 3.8) is 0 Å². The summed E-state index contributed by atoms with van der Waals surface area (Å²) < 4.78 is 9.68. The number of aliphatic carboxylic acids is 1. The number of hydrogen-bond acceptors (Lipinski definition) is 3. The molecule has 6 nitrogen and oxygen atoms in total. The third-order valence-electron chi connectivity index (χ3n) is 2.50. The Morgan fingerprint density at radius 3 is 1.84 bits per heavy atom. The summed E-state index contributed by atoms with van der Waals surface area (Å²) in [5, 5.41) is 8.34. The molecule has 0 unspecified atom stereocenters. The topological polar surface area (TPSA) is 121 Å². The maximum Gasteiger partial charge on any atom is 0.334 e. The second-order valence-electron chi connectivity index (χ2n) is 4.27. The highest BCUT2D eigenvalue weighted by Gasteiger charge is 2.23. The van der Waals surface area contributed by atoms with Gasteiger partial charge in [-0.05, 0) is 12.8 Å². The molecule has 0 aliphatic heterocycles. The number of hydrogen-bond donors (Lipinski definition) is 4. The van der Waals surface area contributed by atoms with Crippen LogP contribution in [0.2, 0.25) is 0 Å². The van der Waals surface area contributed by atoms with E-state index in [-0.39, 0.29) is 0 Å². The molecule has 19 heavy (non-hydrogen) atoms. The largest absolute Gasteiger partial charge is 0.478 e. The molecule has 0 atom stereocenters. The maximum atomic E-state index is 10.3. The Balaban J connectivity index is 0.000000388. The first-order valence-corrected chi connectivity index (χ1v) is 8.26.